The van der Waals surface area contributed by atoms with Crippen LogP contribution in [0.2, 0.25) is 0 Å². The molecule has 1 aliphatic rings. The third-order valence-electron chi connectivity index (χ3n) is 3.95. The summed E-state index contributed by atoms with van der Waals surface area (Å²) in [7, 11) is 1.37. The monoisotopic (exact) mass is 346 g/mol. The highest BCUT2D eigenvalue weighted by molar-refractivity contribution is 7.91. The lowest BCUT2D eigenvalue weighted by Gasteiger charge is -2.15. The van der Waals surface area contributed by atoms with Gasteiger partial charge in [0.2, 0.25) is 0 Å². The van der Waals surface area contributed by atoms with Crippen molar-refractivity contribution >= 4 is 15.8 Å². The van der Waals surface area contributed by atoms with Crippen molar-refractivity contribution in [3.8, 4) is 0 Å². The van der Waals surface area contributed by atoms with Crippen LogP contribution in [0.15, 0.2) is 4.99 Å². The van der Waals surface area contributed by atoms with E-state index in [9.17, 15) is 8.42 Å². The van der Waals surface area contributed by atoms with Crippen molar-refractivity contribution in [2.24, 2.45) is 4.99 Å². The lowest BCUT2D eigenvalue weighted by Crippen LogP contribution is -2.44. The Kier molecular flexibility index (Phi) is 9.55. The molecule has 7 heteroatoms. The van der Waals surface area contributed by atoms with Gasteiger partial charge in [0.05, 0.1) is 11.5 Å². The van der Waals surface area contributed by atoms with Gasteiger partial charge in [-0.25, -0.2) is 8.42 Å². The highest BCUT2D eigenvalue weighted by Gasteiger charge is 2.28. The molecule has 0 saturated carbocycles. The van der Waals surface area contributed by atoms with Crippen molar-refractivity contribution in [2.75, 3.05) is 45.2 Å². The van der Waals surface area contributed by atoms with Gasteiger partial charge in [0.1, 0.15) is 0 Å². The van der Waals surface area contributed by atoms with Crippen LogP contribution in [0.3, 0.4) is 0 Å². The van der Waals surface area contributed by atoms with E-state index in [0.29, 0.717) is 6.42 Å². The number of aliphatic imine (C=N–C) groups is 1. The van der Waals surface area contributed by atoms with Gasteiger partial charge in [-0.2, -0.15) is 0 Å². The molecule has 1 heterocycles. The fourth-order valence-electron chi connectivity index (χ4n) is 2.68. The average molecular weight is 347 g/mol. The molecule has 1 atom stereocenters. The van der Waals surface area contributed by atoms with Gasteiger partial charge in [0, 0.05) is 19.1 Å². The predicted molar refractivity (Wildman–Crippen MR) is 97.8 cm³/mol. The molecule has 0 spiro atoms. The first-order valence-corrected chi connectivity index (χ1v) is 10.6. The number of hydrogen-bond donors (Lipinski definition) is 2. The van der Waals surface area contributed by atoms with Crippen molar-refractivity contribution in [1.29, 1.82) is 0 Å². The number of nitrogens with zero attached hydrogens (tertiary/aromatic N) is 2. The quantitative estimate of drug-likeness (QED) is 0.354. The fraction of sp³-hybridized carbons (Fsp3) is 0.938. The molecule has 1 fully saturated rings. The molecule has 0 aromatic heterocycles. The van der Waals surface area contributed by atoms with Crippen LogP contribution in [-0.2, 0) is 9.84 Å². The number of nitrogens with one attached hydrogen (secondary N) is 2. The van der Waals surface area contributed by atoms with Gasteiger partial charge in [-0.15, -0.1) is 0 Å². The van der Waals surface area contributed by atoms with Crippen molar-refractivity contribution in [2.45, 2.75) is 51.5 Å². The Hall–Kier alpha value is -0.820. The minimum atomic E-state index is -2.85. The van der Waals surface area contributed by atoms with Gasteiger partial charge >= 0.3 is 0 Å². The van der Waals surface area contributed by atoms with E-state index < -0.39 is 9.84 Å². The van der Waals surface area contributed by atoms with Crippen molar-refractivity contribution in [3.63, 3.8) is 0 Å². The van der Waals surface area contributed by atoms with E-state index in [1.807, 2.05) is 6.92 Å². The predicted octanol–water partition coefficient (Wildman–Crippen LogP) is 1.24. The van der Waals surface area contributed by atoms with E-state index in [1.54, 1.807) is 0 Å². The fourth-order valence-corrected chi connectivity index (χ4v) is 4.36. The summed E-state index contributed by atoms with van der Waals surface area (Å²) in [5.41, 5.74) is 0. The summed E-state index contributed by atoms with van der Waals surface area (Å²) in [6.45, 7) is 4.77. The average Bonchev–Trinajstić information content (AvgIpc) is 2.80. The van der Waals surface area contributed by atoms with Gasteiger partial charge in [0.15, 0.2) is 15.8 Å². The SMILES string of the molecule is CCNC(=NCCCCCCCN(C)C)NC1CCS(=O)(=O)C1. The Morgan fingerprint density at radius 2 is 1.87 bits per heavy atom. The molecular weight excluding hydrogens is 312 g/mol. The van der Waals surface area contributed by atoms with Crippen molar-refractivity contribution < 1.29 is 8.42 Å². The van der Waals surface area contributed by atoms with Gasteiger partial charge < -0.3 is 15.5 Å². The number of guanidine groups is 1. The largest absolute Gasteiger partial charge is 0.357 e. The van der Waals surface area contributed by atoms with Crippen molar-refractivity contribution in [1.82, 2.24) is 15.5 Å². The molecule has 0 radical (unpaired) electrons. The molecule has 0 aromatic rings. The minimum absolute atomic E-state index is 0.00355. The highest BCUT2D eigenvalue weighted by Crippen LogP contribution is 2.11. The second-order valence-corrected chi connectivity index (χ2v) is 8.80. The molecule has 1 aliphatic heterocycles. The van der Waals surface area contributed by atoms with Gasteiger partial charge in [0.25, 0.3) is 0 Å². The van der Waals surface area contributed by atoms with E-state index in [4.69, 9.17) is 0 Å². The zero-order valence-electron chi connectivity index (χ0n) is 15.0. The van der Waals surface area contributed by atoms with Crippen LogP contribution in [0, 0.1) is 0 Å². The maximum Gasteiger partial charge on any atom is 0.191 e. The molecular formula is C16H34N4O2S. The Morgan fingerprint density at radius 3 is 2.48 bits per heavy atom. The Labute approximate surface area is 142 Å². The van der Waals surface area contributed by atoms with Crippen LogP contribution in [0.25, 0.3) is 0 Å². The molecule has 0 amide bonds. The van der Waals surface area contributed by atoms with E-state index in [-0.39, 0.29) is 17.5 Å². The van der Waals surface area contributed by atoms with Gasteiger partial charge in [-0.05, 0) is 46.8 Å². The molecule has 0 bridgehead atoms. The first-order valence-electron chi connectivity index (χ1n) is 8.83. The van der Waals surface area contributed by atoms with Gasteiger partial charge in [-0.1, -0.05) is 19.3 Å². The zero-order chi connectivity index (χ0) is 17.1. The molecule has 2 N–H and O–H groups in total. The highest BCUT2D eigenvalue weighted by atomic mass is 32.2. The lowest BCUT2D eigenvalue weighted by molar-refractivity contribution is 0.390. The second kappa shape index (κ2) is 10.9. The summed E-state index contributed by atoms with van der Waals surface area (Å²) in [6, 6.07) is 0.00355. The molecule has 1 saturated heterocycles. The van der Waals surface area contributed by atoms with E-state index in [0.717, 1.165) is 32.0 Å². The topological polar surface area (TPSA) is 73.8 Å². The summed E-state index contributed by atoms with van der Waals surface area (Å²) in [6.07, 6.45) is 6.76. The molecule has 0 aromatic carbocycles. The maximum absolute atomic E-state index is 11.5. The van der Waals surface area contributed by atoms with Crippen LogP contribution < -0.4 is 10.6 Å². The standard InChI is InChI=1S/C16H34N4O2S/c1-4-17-16(19-15-10-13-23(21,22)14-15)18-11-8-6-5-7-9-12-20(2)3/h15H,4-14H2,1-3H3,(H2,17,18,19). The van der Waals surface area contributed by atoms with E-state index in [2.05, 4.69) is 34.6 Å². The molecule has 136 valence electrons. The molecule has 23 heavy (non-hydrogen) atoms. The smallest absolute Gasteiger partial charge is 0.191 e. The number of hydrogen-bond acceptors (Lipinski definition) is 4. The lowest BCUT2D eigenvalue weighted by atomic mass is 10.1. The summed E-state index contributed by atoms with van der Waals surface area (Å²) in [5, 5.41) is 6.45. The van der Waals surface area contributed by atoms with Crippen LogP contribution in [0.4, 0.5) is 0 Å². The Bertz CT molecular complexity index is 449. The summed E-state index contributed by atoms with van der Waals surface area (Å²) in [4.78, 5) is 6.79. The summed E-state index contributed by atoms with van der Waals surface area (Å²) in [5.74, 6) is 1.27. The molecule has 1 rings (SSSR count). The Morgan fingerprint density at radius 1 is 1.17 bits per heavy atom. The maximum atomic E-state index is 11.5. The van der Waals surface area contributed by atoms with Crippen LogP contribution in [0.1, 0.15) is 45.4 Å². The van der Waals surface area contributed by atoms with E-state index in [1.165, 1.54) is 25.7 Å². The van der Waals surface area contributed by atoms with Crippen molar-refractivity contribution in [3.05, 3.63) is 0 Å². The van der Waals surface area contributed by atoms with Crippen LogP contribution >= 0.6 is 0 Å². The van der Waals surface area contributed by atoms with Crippen LogP contribution in [-0.4, -0.2) is 70.6 Å². The molecule has 1 unspecified atom stereocenters. The molecule has 0 aliphatic carbocycles. The van der Waals surface area contributed by atoms with Crippen LogP contribution in [0.5, 0.6) is 0 Å². The summed E-state index contributed by atoms with van der Waals surface area (Å²) < 4.78 is 23.0. The zero-order valence-corrected chi connectivity index (χ0v) is 15.8. The third kappa shape index (κ3) is 9.81. The Balaban J connectivity index is 2.19. The third-order valence-corrected chi connectivity index (χ3v) is 5.72. The first-order chi connectivity index (χ1) is 10.9. The molecule has 6 nitrogen and oxygen atoms in total. The number of unbranched alkanes of at least 4 members (excludes halogenated alkanes) is 4. The minimum Gasteiger partial charge on any atom is -0.357 e. The first kappa shape index (κ1) is 20.2. The second-order valence-electron chi connectivity index (χ2n) is 6.58. The summed E-state index contributed by atoms with van der Waals surface area (Å²) >= 11 is 0. The number of rotatable bonds is 10. The van der Waals surface area contributed by atoms with E-state index >= 15 is 0 Å². The number of sulfone groups is 1. The normalized spacial score (nSPS) is 20.9. The van der Waals surface area contributed by atoms with Gasteiger partial charge in [-0.3, -0.25) is 4.99 Å².